The van der Waals surface area contributed by atoms with Crippen molar-refractivity contribution >= 4 is 16.7 Å². The maximum atomic E-state index is 14.4. The molecule has 1 aliphatic carbocycles. The molecule has 9 heteroatoms. The standard InChI is InChI=1S/C23H19F5N2O2/c1-12-6-17-13(11-29-12)2-4-20(24)18(17)10-22(31)30-14-7-16(8-14)32-15-3-5-21(25)19(9-15)23(26,27)28/h2-6,9,11,14,16H,7-8,10H2,1H3,(H,30,31). The summed E-state index contributed by atoms with van der Waals surface area (Å²) in [5.41, 5.74) is -0.399. The third-order valence-corrected chi connectivity index (χ3v) is 5.44. The van der Waals surface area contributed by atoms with Crippen molar-refractivity contribution in [1.82, 2.24) is 10.3 Å². The molecule has 1 aromatic heterocycles. The first-order valence-corrected chi connectivity index (χ1v) is 9.96. The molecule has 4 rings (SSSR count). The fraction of sp³-hybridized carbons (Fsp3) is 0.304. The van der Waals surface area contributed by atoms with E-state index in [2.05, 4.69) is 10.3 Å². The van der Waals surface area contributed by atoms with Gasteiger partial charge in [-0.1, -0.05) is 0 Å². The molecule has 168 valence electrons. The zero-order chi connectivity index (χ0) is 23.0. The molecule has 2 aromatic carbocycles. The Balaban J connectivity index is 1.35. The second kappa shape index (κ2) is 8.37. The predicted octanol–water partition coefficient (Wildman–Crippen LogP) is 5.11. The topological polar surface area (TPSA) is 51.2 Å². The van der Waals surface area contributed by atoms with Crippen molar-refractivity contribution in [2.45, 2.75) is 44.5 Å². The van der Waals surface area contributed by atoms with Crippen LogP contribution in [0.2, 0.25) is 0 Å². The molecule has 1 N–H and O–H groups in total. The van der Waals surface area contributed by atoms with Crippen LogP contribution in [0, 0.1) is 18.6 Å². The van der Waals surface area contributed by atoms with E-state index in [1.54, 1.807) is 25.3 Å². The highest BCUT2D eigenvalue weighted by Crippen LogP contribution is 2.35. The summed E-state index contributed by atoms with van der Waals surface area (Å²) in [6.45, 7) is 1.78. The molecule has 3 aromatic rings. The van der Waals surface area contributed by atoms with Gasteiger partial charge in [-0.2, -0.15) is 13.2 Å². The number of rotatable bonds is 5. The molecule has 1 amide bonds. The van der Waals surface area contributed by atoms with Crippen LogP contribution in [0.5, 0.6) is 5.75 Å². The Labute approximate surface area is 180 Å². The van der Waals surface area contributed by atoms with Gasteiger partial charge in [0, 0.05) is 41.7 Å². The number of fused-ring (bicyclic) bond motifs is 1. The second-order valence-corrected chi connectivity index (χ2v) is 7.86. The van der Waals surface area contributed by atoms with Crippen LogP contribution in [-0.2, 0) is 17.4 Å². The van der Waals surface area contributed by atoms with Gasteiger partial charge in [0.25, 0.3) is 0 Å². The number of halogens is 5. The number of hydrogen-bond donors (Lipinski definition) is 1. The van der Waals surface area contributed by atoms with Crippen molar-refractivity contribution in [1.29, 1.82) is 0 Å². The third kappa shape index (κ3) is 4.66. The summed E-state index contributed by atoms with van der Waals surface area (Å²) < 4.78 is 71.7. The number of nitrogens with one attached hydrogen (secondary N) is 1. The number of aryl methyl sites for hydroxylation is 1. The summed E-state index contributed by atoms with van der Waals surface area (Å²) in [4.78, 5) is 16.6. The zero-order valence-corrected chi connectivity index (χ0v) is 17.0. The van der Waals surface area contributed by atoms with E-state index in [9.17, 15) is 26.7 Å². The summed E-state index contributed by atoms with van der Waals surface area (Å²) in [6, 6.07) is 6.87. The first kappa shape index (κ1) is 22.0. The van der Waals surface area contributed by atoms with Crippen molar-refractivity contribution < 1.29 is 31.5 Å². The van der Waals surface area contributed by atoms with Gasteiger partial charge in [0.1, 0.15) is 23.5 Å². The van der Waals surface area contributed by atoms with Crippen LogP contribution >= 0.6 is 0 Å². The second-order valence-electron chi connectivity index (χ2n) is 7.86. The maximum absolute atomic E-state index is 14.4. The maximum Gasteiger partial charge on any atom is 0.419 e. The van der Waals surface area contributed by atoms with Crippen molar-refractivity contribution in [3.05, 3.63) is 71.1 Å². The van der Waals surface area contributed by atoms with Crippen LogP contribution in [0.15, 0.2) is 42.6 Å². The number of pyridine rings is 1. The van der Waals surface area contributed by atoms with E-state index in [0.717, 1.165) is 11.5 Å². The molecule has 0 unspecified atom stereocenters. The number of carbonyl (C=O) groups is 1. The quantitative estimate of drug-likeness (QED) is 0.550. The lowest BCUT2D eigenvalue weighted by atomic mass is 9.89. The number of amides is 1. The van der Waals surface area contributed by atoms with E-state index in [4.69, 9.17) is 4.74 Å². The minimum absolute atomic E-state index is 0.0877. The molecule has 1 saturated carbocycles. The van der Waals surface area contributed by atoms with Crippen LogP contribution in [0.3, 0.4) is 0 Å². The number of carbonyl (C=O) groups excluding carboxylic acids is 1. The summed E-state index contributed by atoms with van der Waals surface area (Å²) in [6.07, 6.45) is -2.99. The van der Waals surface area contributed by atoms with Gasteiger partial charge in [0.15, 0.2) is 0 Å². The van der Waals surface area contributed by atoms with Crippen LogP contribution in [0.25, 0.3) is 10.8 Å². The molecule has 0 atom stereocenters. The molecule has 1 fully saturated rings. The number of hydrogen-bond acceptors (Lipinski definition) is 3. The fourth-order valence-electron chi connectivity index (χ4n) is 3.74. The molecule has 0 aliphatic heterocycles. The molecule has 0 bridgehead atoms. The molecular formula is C23H19F5N2O2. The van der Waals surface area contributed by atoms with Gasteiger partial charge < -0.3 is 10.1 Å². The van der Waals surface area contributed by atoms with Crippen LogP contribution in [0.1, 0.15) is 29.7 Å². The highest BCUT2D eigenvalue weighted by Gasteiger charge is 2.36. The molecule has 32 heavy (non-hydrogen) atoms. The Morgan fingerprint density at radius 3 is 2.56 bits per heavy atom. The van der Waals surface area contributed by atoms with Gasteiger partial charge in [-0.15, -0.1) is 0 Å². The normalized spacial score (nSPS) is 18.3. The number of benzene rings is 2. The first-order chi connectivity index (χ1) is 15.1. The monoisotopic (exact) mass is 450 g/mol. The molecule has 0 spiro atoms. The Kier molecular flexibility index (Phi) is 5.75. The zero-order valence-electron chi connectivity index (χ0n) is 17.0. The number of nitrogens with zero attached hydrogens (tertiary/aromatic N) is 1. The SMILES string of the molecule is Cc1cc2c(CC(=O)NC3CC(Oc4ccc(F)c(C(F)(F)F)c4)C3)c(F)ccc2cn1. The van der Waals surface area contributed by atoms with E-state index in [0.29, 0.717) is 36.1 Å². The molecule has 1 heterocycles. The Bertz CT molecular complexity index is 1170. The summed E-state index contributed by atoms with van der Waals surface area (Å²) in [5, 5.41) is 4.15. The van der Waals surface area contributed by atoms with Gasteiger partial charge in [-0.05, 0) is 48.7 Å². The minimum atomic E-state index is -4.81. The highest BCUT2D eigenvalue weighted by atomic mass is 19.4. The van der Waals surface area contributed by atoms with E-state index in [1.165, 1.54) is 6.07 Å². The van der Waals surface area contributed by atoms with Crippen LogP contribution < -0.4 is 10.1 Å². The third-order valence-electron chi connectivity index (χ3n) is 5.44. The smallest absolute Gasteiger partial charge is 0.419 e. The van der Waals surface area contributed by atoms with E-state index in [1.807, 2.05) is 0 Å². The average Bonchev–Trinajstić information content (AvgIpc) is 2.69. The van der Waals surface area contributed by atoms with Crippen LogP contribution in [-0.4, -0.2) is 23.0 Å². The van der Waals surface area contributed by atoms with E-state index >= 15 is 0 Å². The molecule has 4 nitrogen and oxygen atoms in total. The van der Waals surface area contributed by atoms with E-state index < -0.39 is 29.5 Å². The summed E-state index contributed by atoms with van der Waals surface area (Å²) in [5.74, 6) is -2.30. The number of ether oxygens (including phenoxy) is 1. The largest absolute Gasteiger partial charge is 0.490 e. The van der Waals surface area contributed by atoms with Crippen molar-refractivity contribution in [2.75, 3.05) is 0 Å². The predicted molar refractivity (Wildman–Crippen MR) is 107 cm³/mol. The Hall–Kier alpha value is -3.23. The highest BCUT2D eigenvalue weighted by molar-refractivity contribution is 5.90. The lowest BCUT2D eigenvalue weighted by molar-refractivity contribution is -0.140. The lowest BCUT2D eigenvalue weighted by Gasteiger charge is -2.36. The fourth-order valence-corrected chi connectivity index (χ4v) is 3.74. The summed E-state index contributed by atoms with van der Waals surface area (Å²) in [7, 11) is 0. The number of alkyl halides is 3. The summed E-state index contributed by atoms with van der Waals surface area (Å²) >= 11 is 0. The molecular weight excluding hydrogens is 431 g/mol. The average molecular weight is 450 g/mol. The van der Waals surface area contributed by atoms with Crippen molar-refractivity contribution in [3.8, 4) is 5.75 Å². The van der Waals surface area contributed by atoms with E-state index in [-0.39, 0.29) is 29.7 Å². The molecule has 1 aliphatic rings. The number of aromatic nitrogens is 1. The Morgan fingerprint density at radius 1 is 1.12 bits per heavy atom. The van der Waals surface area contributed by atoms with Gasteiger partial charge in [-0.25, -0.2) is 8.78 Å². The first-order valence-electron chi connectivity index (χ1n) is 9.96. The van der Waals surface area contributed by atoms with Crippen molar-refractivity contribution in [2.24, 2.45) is 0 Å². The lowest BCUT2D eigenvalue weighted by Crippen LogP contribution is -2.49. The molecule has 0 radical (unpaired) electrons. The Morgan fingerprint density at radius 2 is 1.84 bits per heavy atom. The minimum Gasteiger partial charge on any atom is -0.490 e. The van der Waals surface area contributed by atoms with Gasteiger partial charge in [0.05, 0.1) is 12.0 Å². The van der Waals surface area contributed by atoms with Crippen molar-refractivity contribution in [3.63, 3.8) is 0 Å². The van der Waals surface area contributed by atoms with Gasteiger partial charge >= 0.3 is 6.18 Å². The molecule has 0 saturated heterocycles. The van der Waals surface area contributed by atoms with Gasteiger partial charge in [0.2, 0.25) is 5.91 Å². The van der Waals surface area contributed by atoms with Gasteiger partial charge in [-0.3, -0.25) is 9.78 Å². The van der Waals surface area contributed by atoms with Crippen LogP contribution in [0.4, 0.5) is 22.0 Å².